The van der Waals surface area contributed by atoms with Gasteiger partial charge in [-0.1, -0.05) is 12.8 Å². The molecule has 0 spiro atoms. The van der Waals surface area contributed by atoms with Crippen molar-refractivity contribution in [1.29, 1.82) is 0 Å². The van der Waals surface area contributed by atoms with Crippen LogP contribution in [0.2, 0.25) is 0 Å². The Morgan fingerprint density at radius 2 is 1.95 bits per heavy atom. The van der Waals surface area contributed by atoms with Crippen LogP contribution >= 0.6 is 11.8 Å². The SMILES string of the molecule is CSCCCCCCNC(=O)N[C@H]1CC[C@@H](C(=O)O)C1. The van der Waals surface area contributed by atoms with Crippen LogP contribution in [-0.2, 0) is 4.79 Å². The van der Waals surface area contributed by atoms with Crippen molar-refractivity contribution < 1.29 is 14.7 Å². The summed E-state index contributed by atoms with van der Waals surface area (Å²) in [6.07, 6.45) is 8.70. The molecule has 3 N–H and O–H groups in total. The summed E-state index contributed by atoms with van der Waals surface area (Å²) in [7, 11) is 0. The zero-order chi connectivity index (χ0) is 14.8. The van der Waals surface area contributed by atoms with E-state index in [4.69, 9.17) is 5.11 Å². The molecular weight excluding hydrogens is 276 g/mol. The highest BCUT2D eigenvalue weighted by Gasteiger charge is 2.30. The number of nitrogens with one attached hydrogen (secondary N) is 2. The average Bonchev–Trinajstić information content (AvgIpc) is 2.86. The Hall–Kier alpha value is -0.910. The lowest BCUT2D eigenvalue weighted by molar-refractivity contribution is -0.141. The van der Waals surface area contributed by atoms with E-state index in [2.05, 4.69) is 16.9 Å². The molecule has 1 aliphatic rings. The van der Waals surface area contributed by atoms with E-state index in [0.717, 1.165) is 19.3 Å². The predicted molar refractivity (Wildman–Crippen MR) is 82.1 cm³/mol. The Bertz CT molecular complexity index is 313. The van der Waals surface area contributed by atoms with E-state index in [0.29, 0.717) is 19.4 Å². The molecule has 1 aliphatic carbocycles. The maximum Gasteiger partial charge on any atom is 0.315 e. The van der Waals surface area contributed by atoms with Crippen LogP contribution in [0.3, 0.4) is 0 Å². The Labute approximate surface area is 125 Å². The molecule has 2 atom stereocenters. The highest BCUT2D eigenvalue weighted by Crippen LogP contribution is 2.25. The number of hydrogen-bond donors (Lipinski definition) is 3. The number of amides is 2. The van der Waals surface area contributed by atoms with Crippen LogP contribution in [0.5, 0.6) is 0 Å². The van der Waals surface area contributed by atoms with Crippen molar-refractivity contribution in [2.45, 2.75) is 51.0 Å². The maximum absolute atomic E-state index is 11.6. The van der Waals surface area contributed by atoms with Crippen LogP contribution < -0.4 is 10.6 Å². The van der Waals surface area contributed by atoms with Crippen molar-refractivity contribution in [2.75, 3.05) is 18.6 Å². The molecule has 0 aromatic carbocycles. The maximum atomic E-state index is 11.6. The van der Waals surface area contributed by atoms with Crippen molar-refractivity contribution in [2.24, 2.45) is 5.92 Å². The Morgan fingerprint density at radius 3 is 2.60 bits per heavy atom. The van der Waals surface area contributed by atoms with Gasteiger partial charge in [-0.2, -0.15) is 11.8 Å². The van der Waals surface area contributed by atoms with Crippen LogP contribution in [-0.4, -0.2) is 41.7 Å². The molecule has 0 saturated heterocycles. The van der Waals surface area contributed by atoms with Crippen LogP contribution in [0.15, 0.2) is 0 Å². The number of rotatable bonds is 9. The normalized spacial score (nSPS) is 21.6. The molecular formula is C14H26N2O3S. The first kappa shape index (κ1) is 17.1. The zero-order valence-electron chi connectivity index (χ0n) is 12.2. The van der Waals surface area contributed by atoms with Gasteiger partial charge in [-0.25, -0.2) is 4.79 Å². The van der Waals surface area contributed by atoms with Gasteiger partial charge in [0.15, 0.2) is 0 Å². The number of thioether (sulfide) groups is 1. The van der Waals surface area contributed by atoms with Gasteiger partial charge in [0, 0.05) is 12.6 Å². The van der Waals surface area contributed by atoms with Crippen molar-refractivity contribution in [3.63, 3.8) is 0 Å². The van der Waals surface area contributed by atoms with E-state index in [1.807, 2.05) is 11.8 Å². The number of carboxylic acid groups (broad SMARTS) is 1. The molecule has 6 heteroatoms. The fraction of sp³-hybridized carbons (Fsp3) is 0.857. The quantitative estimate of drug-likeness (QED) is 0.572. The predicted octanol–water partition coefficient (Wildman–Crippen LogP) is 2.46. The summed E-state index contributed by atoms with van der Waals surface area (Å²) in [5, 5.41) is 14.6. The van der Waals surface area contributed by atoms with E-state index in [-0.39, 0.29) is 18.0 Å². The Kier molecular flexibility index (Phi) is 8.49. The minimum Gasteiger partial charge on any atom is -0.481 e. The molecule has 1 saturated carbocycles. The smallest absolute Gasteiger partial charge is 0.315 e. The fourth-order valence-corrected chi connectivity index (χ4v) is 2.99. The highest BCUT2D eigenvalue weighted by atomic mass is 32.2. The van der Waals surface area contributed by atoms with E-state index in [9.17, 15) is 9.59 Å². The zero-order valence-corrected chi connectivity index (χ0v) is 13.0. The van der Waals surface area contributed by atoms with Crippen molar-refractivity contribution >= 4 is 23.8 Å². The van der Waals surface area contributed by atoms with E-state index in [1.54, 1.807) is 0 Å². The van der Waals surface area contributed by atoms with Gasteiger partial charge in [-0.15, -0.1) is 0 Å². The van der Waals surface area contributed by atoms with Gasteiger partial charge in [0.2, 0.25) is 0 Å². The molecule has 116 valence electrons. The number of hydrogen-bond acceptors (Lipinski definition) is 3. The topological polar surface area (TPSA) is 78.4 Å². The fourth-order valence-electron chi connectivity index (χ4n) is 2.50. The van der Waals surface area contributed by atoms with Crippen molar-refractivity contribution in [3.05, 3.63) is 0 Å². The summed E-state index contributed by atoms with van der Waals surface area (Å²) in [6, 6.07) is -0.150. The number of unbranched alkanes of at least 4 members (excludes halogenated alkanes) is 3. The Balaban J connectivity index is 2.00. The second-order valence-corrected chi connectivity index (χ2v) is 6.34. The standard InChI is InChI=1S/C14H26N2O3S/c1-20-9-5-3-2-4-8-15-14(19)16-12-7-6-11(10-12)13(17)18/h11-12H,2-10H2,1H3,(H,17,18)(H2,15,16,19)/t11-,12+/m1/s1. The summed E-state index contributed by atoms with van der Waals surface area (Å²) in [5.41, 5.74) is 0. The number of urea groups is 1. The first-order valence-electron chi connectivity index (χ1n) is 7.39. The molecule has 20 heavy (non-hydrogen) atoms. The van der Waals surface area contributed by atoms with E-state index in [1.165, 1.54) is 18.6 Å². The molecule has 0 aromatic rings. The van der Waals surface area contributed by atoms with Gasteiger partial charge >= 0.3 is 12.0 Å². The summed E-state index contributed by atoms with van der Waals surface area (Å²) < 4.78 is 0. The Morgan fingerprint density at radius 1 is 1.20 bits per heavy atom. The largest absolute Gasteiger partial charge is 0.481 e. The van der Waals surface area contributed by atoms with Crippen molar-refractivity contribution in [1.82, 2.24) is 10.6 Å². The van der Waals surface area contributed by atoms with Gasteiger partial charge < -0.3 is 15.7 Å². The monoisotopic (exact) mass is 302 g/mol. The van der Waals surface area contributed by atoms with Crippen LogP contribution in [0.1, 0.15) is 44.9 Å². The summed E-state index contributed by atoms with van der Waals surface area (Å²) in [5.74, 6) is 0.164. The van der Waals surface area contributed by atoms with Crippen LogP contribution in [0, 0.1) is 5.92 Å². The second kappa shape index (κ2) is 9.91. The van der Waals surface area contributed by atoms with Crippen LogP contribution in [0.25, 0.3) is 0 Å². The van der Waals surface area contributed by atoms with Gasteiger partial charge in [-0.05, 0) is 44.1 Å². The molecule has 0 radical (unpaired) electrons. The second-order valence-electron chi connectivity index (χ2n) is 5.35. The average molecular weight is 302 g/mol. The number of carboxylic acids is 1. The highest BCUT2D eigenvalue weighted by molar-refractivity contribution is 7.98. The van der Waals surface area contributed by atoms with E-state index < -0.39 is 5.97 Å². The first-order valence-corrected chi connectivity index (χ1v) is 8.79. The lowest BCUT2D eigenvalue weighted by Gasteiger charge is -2.13. The molecule has 2 amide bonds. The van der Waals surface area contributed by atoms with Gasteiger partial charge in [0.1, 0.15) is 0 Å². The van der Waals surface area contributed by atoms with E-state index >= 15 is 0 Å². The molecule has 5 nitrogen and oxygen atoms in total. The molecule has 0 unspecified atom stereocenters. The number of carbonyl (C=O) groups excluding carboxylic acids is 1. The van der Waals surface area contributed by atoms with Gasteiger partial charge in [0.05, 0.1) is 5.92 Å². The van der Waals surface area contributed by atoms with Gasteiger partial charge in [-0.3, -0.25) is 4.79 Å². The minimum absolute atomic E-state index is 0.0117. The van der Waals surface area contributed by atoms with Crippen LogP contribution in [0.4, 0.5) is 4.79 Å². The summed E-state index contributed by atoms with van der Waals surface area (Å²) >= 11 is 1.87. The summed E-state index contributed by atoms with van der Waals surface area (Å²) in [4.78, 5) is 22.5. The number of aliphatic carboxylic acids is 1. The lowest BCUT2D eigenvalue weighted by Crippen LogP contribution is -2.41. The molecule has 1 rings (SSSR count). The molecule has 0 aliphatic heterocycles. The number of carbonyl (C=O) groups is 2. The third kappa shape index (κ3) is 7.03. The third-order valence-electron chi connectivity index (χ3n) is 3.68. The lowest BCUT2D eigenvalue weighted by atomic mass is 10.1. The third-order valence-corrected chi connectivity index (χ3v) is 4.37. The molecule has 0 bridgehead atoms. The summed E-state index contributed by atoms with van der Waals surface area (Å²) in [6.45, 7) is 0.695. The molecule has 0 heterocycles. The molecule has 0 aromatic heterocycles. The van der Waals surface area contributed by atoms with Crippen molar-refractivity contribution in [3.8, 4) is 0 Å². The van der Waals surface area contributed by atoms with Gasteiger partial charge in [0.25, 0.3) is 0 Å². The minimum atomic E-state index is -0.750. The molecule has 1 fully saturated rings. The first-order chi connectivity index (χ1) is 9.63.